The number of H-pyrrole nitrogens is 2. The molecule has 2 saturated heterocycles. The molecule has 0 bridgehead atoms. The Hall–Kier alpha value is -3.74. The van der Waals surface area contributed by atoms with E-state index in [0.29, 0.717) is 18.0 Å². The second kappa shape index (κ2) is 10.1. The average molecular weight is 525 g/mol. The Balaban J connectivity index is 0.00000127. The number of hydrogen-bond acceptors (Lipinski definition) is 4. The third-order valence-electron chi connectivity index (χ3n) is 8.54. The maximum atomic E-state index is 4.68. The summed E-state index contributed by atoms with van der Waals surface area (Å²) in [5.41, 5.74) is 6.91. The molecule has 2 aliphatic heterocycles. The minimum atomic E-state index is 0. The van der Waals surface area contributed by atoms with Crippen molar-refractivity contribution < 1.29 is 5.71 Å². The highest BCUT2D eigenvalue weighted by Gasteiger charge is 2.24. The summed E-state index contributed by atoms with van der Waals surface area (Å²) in [4.78, 5) is 16.5. The molecule has 0 spiro atoms. The van der Waals surface area contributed by atoms with Gasteiger partial charge in [-0.25, -0.2) is 9.97 Å². The van der Waals surface area contributed by atoms with Crippen molar-refractivity contribution in [3.63, 3.8) is 0 Å². The summed E-state index contributed by atoms with van der Waals surface area (Å²) in [6.07, 6.45) is 7.44. The van der Waals surface area contributed by atoms with Crippen molar-refractivity contribution in [3.8, 4) is 33.6 Å². The first-order chi connectivity index (χ1) is 19.1. The molecule has 0 saturated carbocycles. The van der Waals surface area contributed by atoms with E-state index in [1.54, 1.807) is 0 Å². The molecule has 3 aromatic carbocycles. The first kappa shape index (κ1) is 24.3. The number of aromatic amines is 2. The lowest BCUT2D eigenvalue weighted by molar-refractivity contribution is 0.325. The molecule has 4 atom stereocenters. The highest BCUT2D eigenvalue weighted by atomic mass is 15.0. The van der Waals surface area contributed by atoms with Gasteiger partial charge in [0.2, 0.25) is 0 Å². The zero-order valence-electron chi connectivity index (χ0n) is 22.7. The first-order valence-electron chi connectivity index (χ1n) is 14.3. The summed E-state index contributed by atoms with van der Waals surface area (Å²) >= 11 is 0. The third kappa shape index (κ3) is 4.90. The van der Waals surface area contributed by atoms with E-state index in [2.05, 4.69) is 105 Å². The number of rotatable bonds is 5. The quantitative estimate of drug-likeness (QED) is 0.188. The molecular formula is C33H44N6. The molecule has 2 fully saturated rings. The summed E-state index contributed by atoms with van der Waals surface area (Å²) in [7, 11) is 0. The molecule has 7 rings (SSSR count). The lowest BCUT2D eigenvalue weighted by Gasteiger charge is -2.26. The first-order valence-corrected chi connectivity index (χ1v) is 14.3. The maximum absolute atomic E-state index is 4.68. The number of imidazole rings is 2. The van der Waals surface area contributed by atoms with Crippen molar-refractivity contribution in [2.45, 2.75) is 45.2 Å². The van der Waals surface area contributed by atoms with E-state index in [0.717, 1.165) is 60.4 Å². The molecule has 0 radical (unpaired) electrons. The Labute approximate surface area is 235 Å². The van der Waals surface area contributed by atoms with Gasteiger partial charge in [0.05, 0.1) is 35.9 Å². The van der Waals surface area contributed by atoms with Crippen molar-refractivity contribution in [2.24, 2.45) is 11.8 Å². The van der Waals surface area contributed by atoms with Gasteiger partial charge >= 0.3 is 0 Å². The molecule has 6 nitrogen and oxygen atoms in total. The third-order valence-corrected chi connectivity index (χ3v) is 8.54. The number of hydrogen-bond donors (Lipinski definition) is 4. The van der Waals surface area contributed by atoms with E-state index < -0.39 is 0 Å². The SMILES string of the molecule is C[C@@H]1CC[C@@H](c2ncc(-c3ccc(-c4ccc5cc(-c6cnc([C@@H]7C[C@@H](C)CN7)[nH]6)ccc5c4)cc3)[nH]2)NC1.[HH].[HH].[HH].[HH]. The van der Waals surface area contributed by atoms with Crippen molar-refractivity contribution >= 4 is 10.8 Å². The number of aromatic nitrogens is 4. The molecule has 4 N–H and O–H groups in total. The minimum absolute atomic E-state index is 0. The number of fused-ring (bicyclic) bond motifs is 1. The van der Waals surface area contributed by atoms with E-state index in [1.807, 2.05) is 12.4 Å². The van der Waals surface area contributed by atoms with E-state index in [1.165, 1.54) is 33.9 Å². The van der Waals surface area contributed by atoms with Crippen LogP contribution in [0.15, 0.2) is 73.1 Å². The summed E-state index contributed by atoms with van der Waals surface area (Å²) in [6, 6.07) is 22.8. The van der Waals surface area contributed by atoms with Crippen LogP contribution in [0, 0.1) is 11.8 Å². The van der Waals surface area contributed by atoms with Crippen LogP contribution in [-0.4, -0.2) is 33.0 Å². The number of nitrogens with zero attached hydrogens (tertiary/aromatic N) is 2. The van der Waals surface area contributed by atoms with Gasteiger partial charge in [0.15, 0.2) is 0 Å². The Morgan fingerprint density at radius 2 is 1.18 bits per heavy atom. The summed E-state index contributed by atoms with van der Waals surface area (Å²) < 4.78 is 0. The molecule has 39 heavy (non-hydrogen) atoms. The Kier molecular flexibility index (Phi) is 6.30. The lowest BCUT2D eigenvalue weighted by atomic mass is 9.96. The van der Waals surface area contributed by atoms with E-state index in [4.69, 9.17) is 0 Å². The Bertz CT molecular complexity index is 1610. The van der Waals surface area contributed by atoms with Crippen molar-refractivity contribution in [1.29, 1.82) is 0 Å². The van der Waals surface area contributed by atoms with E-state index >= 15 is 0 Å². The summed E-state index contributed by atoms with van der Waals surface area (Å²) in [5.74, 6) is 3.53. The van der Waals surface area contributed by atoms with Crippen LogP contribution in [0.3, 0.4) is 0 Å². The summed E-state index contributed by atoms with van der Waals surface area (Å²) in [6.45, 7) is 6.71. The van der Waals surface area contributed by atoms with Gasteiger partial charge in [0.25, 0.3) is 0 Å². The van der Waals surface area contributed by atoms with Crippen LogP contribution >= 0.6 is 0 Å². The highest BCUT2D eigenvalue weighted by Crippen LogP contribution is 2.32. The molecule has 6 heteroatoms. The number of piperidine rings is 1. The molecule has 206 valence electrons. The van der Waals surface area contributed by atoms with Gasteiger partial charge in [-0.15, -0.1) is 0 Å². The second-order valence-electron chi connectivity index (χ2n) is 11.7. The van der Waals surface area contributed by atoms with Crippen molar-refractivity contribution in [2.75, 3.05) is 13.1 Å². The van der Waals surface area contributed by atoms with Gasteiger partial charge in [-0.3, -0.25) is 0 Å². The predicted octanol–water partition coefficient (Wildman–Crippen LogP) is 8.00. The maximum Gasteiger partial charge on any atom is 0.123 e. The molecule has 0 aliphatic carbocycles. The van der Waals surface area contributed by atoms with E-state index in [9.17, 15) is 0 Å². The van der Waals surface area contributed by atoms with Gasteiger partial charge in [-0.05, 0) is 83.8 Å². The van der Waals surface area contributed by atoms with Crippen LogP contribution < -0.4 is 10.6 Å². The van der Waals surface area contributed by atoms with Gasteiger partial charge in [-0.2, -0.15) is 0 Å². The van der Waals surface area contributed by atoms with Crippen LogP contribution in [0.4, 0.5) is 0 Å². The van der Waals surface area contributed by atoms with E-state index in [-0.39, 0.29) is 5.71 Å². The Morgan fingerprint density at radius 1 is 0.615 bits per heavy atom. The van der Waals surface area contributed by atoms with Crippen LogP contribution in [0.5, 0.6) is 0 Å². The molecule has 5 aromatic rings. The standard InChI is InChI=1S/C33H36N6.4H2/c1-20-3-12-28(34-16-20)32-36-18-30(38-32)23-6-4-22(5-7-23)24-8-9-26-15-27(11-10-25(26)14-24)31-19-37-33(39-31)29-13-21(2)17-35-29;;;;/h4-11,14-15,18-21,28-29,34-35H,3,12-13,16-17H2,1-2H3,(H,36,38)(H,37,39);4*1H/t20-,21-,28+,29+;;;;/m1..../s1. The fourth-order valence-corrected chi connectivity index (χ4v) is 6.11. The van der Waals surface area contributed by atoms with Crippen LogP contribution in [0.2, 0.25) is 0 Å². The topological polar surface area (TPSA) is 81.4 Å². The van der Waals surface area contributed by atoms with Gasteiger partial charge in [0.1, 0.15) is 11.6 Å². The lowest BCUT2D eigenvalue weighted by Crippen LogP contribution is -2.32. The molecule has 0 amide bonds. The molecule has 4 heterocycles. The minimum Gasteiger partial charge on any atom is -0.341 e. The molecular weight excluding hydrogens is 480 g/mol. The molecule has 2 aromatic heterocycles. The van der Waals surface area contributed by atoms with Gasteiger partial charge in [0, 0.05) is 11.3 Å². The van der Waals surface area contributed by atoms with Gasteiger partial charge < -0.3 is 20.6 Å². The fraction of sp³-hybridized carbons (Fsp3) is 0.333. The van der Waals surface area contributed by atoms with Gasteiger partial charge in [-0.1, -0.05) is 62.4 Å². The van der Waals surface area contributed by atoms with Crippen LogP contribution in [-0.2, 0) is 0 Å². The zero-order chi connectivity index (χ0) is 26.3. The normalized spacial score (nSPS) is 23.4. The number of benzene rings is 3. The monoisotopic (exact) mass is 524 g/mol. The molecule has 2 aliphatic rings. The van der Waals surface area contributed by atoms with Crippen molar-refractivity contribution in [3.05, 3.63) is 84.7 Å². The summed E-state index contributed by atoms with van der Waals surface area (Å²) in [5, 5.41) is 9.65. The Morgan fingerprint density at radius 3 is 1.85 bits per heavy atom. The van der Waals surface area contributed by atoms with Crippen LogP contribution in [0.25, 0.3) is 44.4 Å². The van der Waals surface area contributed by atoms with Crippen molar-refractivity contribution in [1.82, 2.24) is 30.6 Å². The fourth-order valence-electron chi connectivity index (χ4n) is 6.11. The molecule has 0 unspecified atom stereocenters. The largest absolute Gasteiger partial charge is 0.341 e. The number of nitrogens with one attached hydrogen (secondary N) is 4. The smallest absolute Gasteiger partial charge is 0.123 e. The second-order valence-corrected chi connectivity index (χ2v) is 11.7. The predicted molar refractivity (Wildman–Crippen MR) is 167 cm³/mol. The van der Waals surface area contributed by atoms with Crippen LogP contribution in [0.1, 0.15) is 62.5 Å². The average Bonchev–Trinajstić information content (AvgIpc) is 3.74. The highest BCUT2D eigenvalue weighted by molar-refractivity contribution is 5.90. The zero-order valence-corrected chi connectivity index (χ0v) is 22.7.